The molecule has 1 aromatic heterocycles. The largest absolute Gasteiger partial charge is 0.507 e. The minimum Gasteiger partial charge on any atom is -0.507 e. The van der Waals surface area contributed by atoms with Crippen molar-refractivity contribution < 1.29 is 28.6 Å². The van der Waals surface area contributed by atoms with Crippen molar-refractivity contribution in [1.82, 2.24) is 0 Å². The van der Waals surface area contributed by atoms with Crippen LogP contribution < -0.4 is 14.4 Å². The van der Waals surface area contributed by atoms with Gasteiger partial charge in [-0.3, -0.25) is 14.5 Å². The Morgan fingerprint density at radius 3 is 2.31 bits per heavy atom. The van der Waals surface area contributed by atoms with Crippen molar-refractivity contribution in [1.29, 1.82) is 0 Å². The number of furan rings is 1. The van der Waals surface area contributed by atoms with Gasteiger partial charge in [0.1, 0.15) is 34.8 Å². The first-order valence-corrected chi connectivity index (χ1v) is 11.8. The van der Waals surface area contributed by atoms with Crippen LogP contribution in [0.5, 0.6) is 17.2 Å². The molecular formula is C28H20BrNO6. The van der Waals surface area contributed by atoms with E-state index in [0.29, 0.717) is 38.7 Å². The van der Waals surface area contributed by atoms with Crippen LogP contribution in [-0.4, -0.2) is 23.9 Å². The maximum absolute atomic E-state index is 13.2. The Morgan fingerprint density at radius 2 is 1.67 bits per heavy atom. The molecule has 8 heteroatoms. The fourth-order valence-electron chi connectivity index (χ4n) is 4.08. The quantitative estimate of drug-likeness (QED) is 0.170. The molecule has 1 aliphatic heterocycles. The van der Waals surface area contributed by atoms with Crippen molar-refractivity contribution in [2.45, 2.75) is 6.04 Å². The topological polar surface area (TPSA) is 89.2 Å². The van der Waals surface area contributed by atoms with Gasteiger partial charge in [-0.15, -0.1) is 0 Å². The highest BCUT2D eigenvalue weighted by Gasteiger charge is 2.48. The highest BCUT2D eigenvalue weighted by atomic mass is 79.9. The molecule has 1 aliphatic rings. The number of hydrogen-bond donors (Lipinski definition) is 1. The number of ketones is 1. The first-order chi connectivity index (χ1) is 17.5. The fraction of sp³-hybridized carbons (Fsp3) is 0.0714. The lowest BCUT2D eigenvalue weighted by Crippen LogP contribution is -2.29. The van der Waals surface area contributed by atoms with Crippen LogP contribution in [0.4, 0.5) is 5.69 Å². The summed E-state index contributed by atoms with van der Waals surface area (Å²) >= 11 is 3.39. The van der Waals surface area contributed by atoms with Crippen molar-refractivity contribution in [3.05, 3.63) is 113 Å². The average Bonchev–Trinajstić information content (AvgIpc) is 3.52. The monoisotopic (exact) mass is 545 g/mol. The molecule has 36 heavy (non-hydrogen) atoms. The number of carbonyl (C=O) groups excluding carboxylic acids is 2. The Balaban J connectivity index is 1.56. The first-order valence-electron chi connectivity index (χ1n) is 11.0. The number of Topliss-reactive ketones (excluding diaryl/α,β-unsaturated/α-hetero) is 1. The van der Waals surface area contributed by atoms with E-state index in [2.05, 4.69) is 15.9 Å². The Morgan fingerprint density at radius 1 is 0.944 bits per heavy atom. The van der Waals surface area contributed by atoms with Crippen LogP contribution >= 0.6 is 15.9 Å². The standard InChI is InChI=1S/C28H20BrNO6/c1-34-22-14-9-17(16-21(22)29)26(31)24-25(23-8-5-15-35-23)30(28(33)27(24)32)18-10-12-20(13-11-18)36-19-6-3-2-4-7-19/h2-16,25,31H,1H3/b26-24-. The molecule has 1 amide bonds. The molecule has 3 aromatic carbocycles. The molecule has 1 saturated heterocycles. The van der Waals surface area contributed by atoms with Crippen molar-refractivity contribution >= 4 is 39.1 Å². The maximum atomic E-state index is 13.2. The zero-order valence-corrected chi connectivity index (χ0v) is 20.6. The van der Waals surface area contributed by atoms with E-state index < -0.39 is 17.7 Å². The van der Waals surface area contributed by atoms with E-state index in [1.165, 1.54) is 18.3 Å². The number of hydrogen-bond acceptors (Lipinski definition) is 6. The molecule has 0 aliphatic carbocycles. The van der Waals surface area contributed by atoms with E-state index in [9.17, 15) is 14.7 Å². The third-order valence-electron chi connectivity index (χ3n) is 5.78. The lowest BCUT2D eigenvalue weighted by Gasteiger charge is -2.23. The number of methoxy groups -OCH3 is 1. The molecule has 2 heterocycles. The predicted octanol–water partition coefficient (Wildman–Crippen LogP) is 6.47. The van der Waals surface area contributed by atoms with Crippen LogP contribution in [0.2, 0.25) is 0 Å². The van der Waals surface area contributed by atoms with Gasteiger partial charge < -0.3 is 19.0 Å². The smallest absolute Gasteiger partial charge is 0.300 e. The summed E-state index contributed by atoms with van der Waals surface area (Å²) in [6.07, 6.45) is 1.45. The molecule has 180 valence electrons. The summed E-state index contributed by atoms with van der Waals surface area (Å²) in [5, 5.41) is 11.2. The summed E-state index contributed by atoms with van der Waals surface area (Å²) in [5.74, 6) is 0.240. The van der Waals surface area contributed by atoms with Gasteiger partial charge in [0.05, 0.1) is 23.4 Å². The van der Waals surface area contributed by atoms with Crippen LogP contribution in [0.15, 0.2) is 106 Å². The van der Waals surface area contributed by atoms with Gasteiger partial charge in [-0.2, -0.15) is 0 Å². The zero-order valence-electron chi connectivity index (χ0n) is 19.1. The molecule has 0 bridgehead atoms. The van der Waals surface area contributed by atoms with Gasteiger partial charge in [0.25, 0.3) is 11.7 Å². The summed E-state index contributed by atoms with van der Waals surface area (Å²) in [4.78, 5) is 27.8. The van der Waals surface area contributed by atoms with Gasteiger partial charge >= 0.3 is 0 Å². The van der Waals surface area contributed by atoms with E-state index >= 15 is 0 Å². The van der Waals surface area contributed by atoms with Gasteiger partial charge in [0.15, 0.2) is 0 Å². The molecule has 1 N–H and O–H groups in total. The summed E-state index contributed by atoms with van der Waals surface area (Å²) < 4.78 is 17.3. The zero-order chi connectivity index (χ0) is 25.2. The summed E-state index contributed by atoms with van der Waals surface area (Å²) in [6, 6.07) is 23.3. The molecule has 0 radical (unpaired) electrons. The minimum absolute atomic E-state index is 0.0726. The minimum atomic E-state index is -0.957. The lowest BCUT2D eigenvalue weighted by molar-refractivity contribution is -0.132. The Bertz CT molecular complexity index is 1450. The van der Waals surface area contributed by atoms with E-state index in [0.717, 1.165) is 0 Å². The molecular weight excluding hydrogens is 526 g/mol. The number of aliphatic hydroxyl groups is 1. The Kier molecular flexibility index (Phi) is 6.35. The number of para-hydroxylation sites is 1. The molecule has 1 fully saturated rings. The van der Waals surface area contributed by atoms with Crippen molar-refractivity contribution in [2.24, 2.45) is 0 Å². The highest BCUT2D eigenvalue weighted by molar-refractivity contribution is 9.10. The van der Waals surface area contributed by atoms with Crippen LogP contribution in [-0.2, 0) is 9.59 Å². The molecule has 4 aromatic rings. The predicted molar refractivity (Wildman–Crippen MR) is 137 cm³/mol. The van der Waals surface area contributed by atoms with Crippen LogP contribution in [0.3, 0.4) is 0 Å². The maximum Gasteiger partial charge on any atom is 0.300 e. The van der Waals surface area contributed by atoms with Crippen LogP contribution in [0.1, 0.15) is 17.4 Å². The van der Waals surface area contributed by atoms with E-state index in [4.69, 9.17) is 13.9 Å². The van der Waals surface area contributed by atoms with E-state index in [1.807, 2.05) is 30.3 Å². The van der Waals surface area contributed by atoms with Crippen molar-refractivity contribution in [3.63, 3.8) is 0 Å². The van der Waals surface area contributed by atoms with Gasteiger partial charge in [-0.05, 0) is 82.7 Å². The van der Waals surface area contributed by atoms with Crippen LogP contribution in [0.25, 0.3) is 5.76 Å². The molecule has 5 rings (SSSR count). The molecule has 0 spiro atoms. The number of anilines is 1. The summed E-state index contributed by atoms with van der Waals surface area (Å²) in [5.41, 5.74) is 0.731. The number of halogens is 1. The third-order valence-corrected chi connectivity index (χ3v) is 6.40. The molecule has 1 atom stereocenters. The number of aliphatic hydroxyl groups excluding tert-OH is 1. The lowest BCUT2D eigenvalue weighted by atomic mass is 9.99. The van der Waals surface area contributed by atoms with Gasteiger partial charge in [0.2, 0.25) is 0 Å². The van der Waals surface area contributed by atoms with Gasteiger partial charge in [0, 0.05) is 11.3 Å². The number of carbonyl (C=O) groups is 2. The summed E-state index contributed by atoms with van der Waals surface area (Å²) in [7, 11) is 1.53. The Hall–Kier alpha value is -4.30. The molecule has 0 saturated carbocycles. The summed E-state index contributed by atoms with van der Waals surface area (Å²) in [6.45, 7) is 0. The van der Waals surface area contributed by atoms with Crippen molar-refractivity contribution in [3.8, 4) is 17.2 Å². The average molecular weight is 546 g/mol. The SMILES string of the molecule is COc1ccc(/C(O)=C2/C(=O)C(=O)N(c3ccc(Oc4ccccc4)cc3)C2c2ccco2)cc1Br. The second-order valence-corrected chi connectivity index (χ2v) is 8.80. The number of benzene rings is 3. The van der Waals surface area contributed by atoms with Gasteiger partial charge in [-0.1, -0.05) is 18.2 Å². The Labute approximate surface area is 215 Å². The van der Waals surface area contributed by atoms with Crippen LogP contribution in [0, 0.1) is 0 Å². The highest BCUT2D eigenvalue weighted by Crippen LogP contribution is 2.43. The first kappa shape index (κ1) is 23.4. The number of nitrogens with zero attached hydrogens (tertiary/aromatic N) is 1. The third kappa shape index (κ3) is 4.27. The van der Waals surface area contributed by atoms with Gasteiger partial charge in [-0.25, -0.2) is 0 Å². The normalized spacial score (nSPS) is 16.8. The molecule has 1 unspecified atom stereocenters. The second-order valence-electron chi connectivity index (χ2n) is 7.94. The molecule has 7 nitrogen and oxygen atoms in total. The second kappa shape index (κ2) is 9.75. The van der Waals surface area contributed by atoms with Crippen molar-refractivity contribution in [2.75, 3.05) is 12.0 Å². The van der Waals surface area contributed by atoms with E-state index in [1.54, 1.807) is 54.6 Å². The number of rotatable bonds is 6. The van der Waals surface area contributed by atoms with E-state index in [-0.39, 0.29) is 11.3 Å². The fourth-order valence-corrected chi connectivity index (χ4v) is 4.62. The number of amides is 1. The number of ether oxygens (including phenoxy) is 2.